The normalized spacial score (nSPS) is 15.4. The van der Waals surface area contributed by atoms with Crippen molar-refractivity contribution in [1.82, 2.24) is 13.9 Å². The molecular formula is C18H24FN5O4S2. The number of aryl methyl sites for hydroxylation is 1. The Kier molecular flexibility index (Phi) is 6.51. The van der Waals surface area contributed by atoms with Gasteiger partial charge in [-0.1, -0.05) is 0 Å². The van der Waals surface area contributed by atoms with Crippen LogP contribution in [0.5, 0.6) is 0 Å². The number of nitrogens with zero attached hydrogens (tertiary/aromatic N) is 2. The molecule has 0 aliphatic heterocycles. The Hall–Kier alpha value is -2.02. The molecule has 1 heterocycles. The Labute approximate surface area is 177 Å². The van der Waals surface area contributed by atoms with E-state index in [2.05, 4.69) is 4.72 Å². The second kappa shape index (κ2) is 8.61. The number of alkyl halides is 1. The van der Waals surface area contributed by atoms with E-state index in [9.17, 15) is 17.6 Å². The number of benzene rings is 1. The van der Waals surface area contributed by atoms with Gasteiger partial charge in [0.1, 0.15) is 6.67 Å². The Balaban J connectivity index is 2.11. The summed E-state index contributed by atoms with van der Waals surface area (Å²) in [5.41, 5.74) is -0.831. The summed E-state index contributed by atoms with van der Waals surface area (Å²) in [6, 6.07) is 4.20. The monoisotopic (exact) mass is 457 g/mol. The number of rotatable bonds is 8. The summed E-state index contributed by atoms with van der Waals surface area (Å²) >= 11 is 0.792. The van der Waals surface area contributed by atoms with Crippen LogP contribution in [0, 0.1) is 10.8 Å². The molecule has 3 rings (SSSR count). The van der Waals surface area contributed by atoms with Crippen LogP contribution in [0.25, 0.3) is 11.0 Å². The largest absolute Gasteiger partial charge is 0.385 e. The fraction of sp³-hybridized carbons (Fsp3) is 0.500. The van der Waals surface area contributed by atoms with Crippen LogP contribution < -0.4 is 10.4 Å². The maximum absolute atomic E-state index is 13.2. The lowest BCUT2D eigenvalue weighted by atomic mass is 10.3. The number of methoxy groups -OCH3 is 1. The second-order valence-corrected chi connectivity index (χ2v) is 10.1. The Morgan fingerprint density at radius 2 is 2.03 bits per heavy atom. The summed E-state index contributed by atoms with van der Waals surface area (Å²) in [4.78, 5) is 12.9. The van der Waals surface area contributed by atoms with E-state index in [-0.39, 0.29) is 20.6 Å². The zero-order valence-electron chi connectivity index (χ0n) is 16.7. The Bertz CT molecular complexity index is 1150. The molecule has 2 aromatic rings. The van der Waals surface area contributed by atoms with E-state index in [4.69, 9.17) is 15.6 Å². The van der Waals surface area contributed by atoms with Crippen LogP contribution in [0.1, 0.15) is 26.2 Å². The van der Waals surface area contributed by atoms with Crippen molar-refractivity contribution >= 4 is 43.0 Å². The van der Waals surface area contributed by atoms with Gasteiger partial charge in [0.25, 0.3) is 0 Å². The van der Waals surface area contributed by atoms with Crippen molar-refractivity contribution < 1.29 is 17.5 Å². The average molecular weight is 458 g/mol. The van der Waals surface area contributed by atoms with Crippen molar-refractivity contribution in [2.24, 2.45) is 0 Å². The molecule has 0 spiro atoms. The number of halogens is 1. The van der Waals surface area contributed by atoms with Crippen molar-refractivity contribution in [2.45, 2.75) is 43.2 Å². The highest BCUT2D eigenvalue weighted by molar-refractivity contribution is 8.26. The van der Waals surface area contributed by atoms with Gasteiger partial charge < -0.3 is 4.74 Å². The first-order valence-electron chi connectivity index (χ1n) is 9.30. The Morgan fingerprint density at radius 3 is 2.60 bits per heavy atom. The summed E-state index contributed by atoms with van der Waals surface area (Å²) in [7, 11) is -2.45. The van der Waals surface area contributed by atoms with Gasteiger partial charge in [-0.05, 0) is 56.1 Å². The predicted octanol–water partition coefficient (Wildman–Crippen LogP) is 2.13. The van der Waals surface area contributed by atoms with E-state index in [0.29, 0.717) is 37.9 Å². The number of ether oxygens (including phenoxy) is 1. The Morgan fingerprint density at radius 1 is 1.33 bits per heavy atom. The number of hydrogen-bond donors (Lipinski definition) is 3. The van der Waals surface area contributed by atoms with E-state index in [1.807, 2.05) is 0 Å². The highest BCUT2D eigenvalue weighted by Gasteiger charge is 2.46. The molecule has 0 unspecified atom stereocenters. The fourth-order valence-corrected chi connectivity index (χ4v) is 5.15. The number of hydrogen-bond acceptors (Lipinski definition) is 7. The van der Waals surface area contributed by atoms with Crippen LogP contribution in [0.2, 0.25) is 0 Å². The second-order valence-electron chi connectivity index (χ2n) is 7.25. The summed E-state index contributed by atoms with van der Waals surface area (Å²) in [5, 5.41) is 15.8. The van der Waals surface area contributed by atoms with Gasteiger partial charge in [-0.25, -0.2) is 26.9 Å². The number of imidazole rings is 1. The molecule has 0 radical (unpaired) electrons. The predicted molar refractivity (Wildman–Crippen MR) is 115 cm³/mol. The third-order valence-corrected chi connectivity index (χ3v) is 7.11. The minimum atomic E-state index is -4.00. The van der Waals surface area contributed by atoms with E-state index in [0.717, 1.165) is 16.3 Å². The van der Waals surface area contributed by atoms with Crippen LogP contribution in [-0.4, -0.2) is 53.7 Å². The van der Waals surface area contributed by atoms with Gasteiger partial charge in [-0.3, -0.25) is 15.4 Å². The molecule has 12 heteroatoms. The van der Waals surface area contributed by atoms with Crippen LogP contribution in [-0.2, 0) is 21.3 Å². The lowest BCUT2D eigenvalue weighted by Crippen LogP contribution is -2.38. The van der Waals surface area contributed by atoms with Crippen molar-refractivity contribution in [3.63, 3.8) is 0 Å². The summed E-state index contributed by atoms with van der Waals surface area (Å²) in [6.07, 6.45) is 1.43. The zero-order chi connectivity index (χ0) is 22.1. The topological polar surface area (TPSA) is 130 Å². The van der Waals surface area contributed by atoms with Gasteiger partial charge >= 0.3 is 5.69 Å². The lowest BCUT2D eigenvalue weighted by molar-refractivity contribution is 0.190. The lowest BCUT2D eigenvalue weighted by Gasteiger charge is -2.14. The van der Waals surface area contributed by atoms with E-state index in [1.54, 1.807) is 7.11 Å². The number of aromatic nitrogens is 2. The molecule has 1 aliphatic carbocycles. The smallest absolute Gasteiger partial charge is 0.335 e. The van der Waals surface area contributed by atoms with Crippen LogP contribution in [0.4, 0.5) is 4.39 Å². The van der Waals surface area contributed by atoms with Crippen LogP contribution in [0.3, 0.4) is 0 Å². The minimum Gasteiger partial charge on any atom is -0.385 e. The highest BCUT2D eigenvalue weighted by Crippen LogP contribution is 2.37. The van der Waals surface area contributed by atoms with E-state index >= 15 is 0 Å². The number of thioether (sulfide) groups is 1. The van der Waals surface area contributed by atoms with Crippen molar-refractivity contribution in [3.8, 4) is 0 Å². The minimum absolute atomic E-state index is 0.109. The fourth-order valence-electron chi connectivity index (χ4n) is 3.13. The standard InChI is InChI=1S/C18H24FN5O4S2/c1-12(20)29-16(21)24-15-10-13(30(26,27)22-18(11-19)6-7-18)4-5-14(15)23(17(24)25)8-3-9-28-2/h4-5,10,20-22H,3,6-9,11H2,1-2H3. The summed E-state index contributed by atoms with van der Waals surface area (Å²) in [6.45, 7) is 1.47. The number of nitrogens with one attached hydrogen (secondary N) is 3. The molecule has 0 atom stereocenters. The molecule has 3 N–H and O–H groups in total. The molecular weight excluding hydrogens is 433 g/mol. The van der Waals surface area contributed by atoms with Gasteiger partial charge in [0.15, 0.2) is 5.17 Å². The van der Waals surface area contributed by atoms with Crippen molar-refractivity contribution in [1.29, 1.82) is 10.8 Å². The molecule has 0 saturated heterocycles. The third-order valence-electron chi connectivity index (χ3n) is 4.85. The molecule has 1 saturated carbocycles. The van der Waals surface area contributed by atoms with Crippen LogP contribution in [0.15, 0.2) is 27.9 Å². The van der Waals surface area contributed by atoms with Gasteiger partial charge in [0, 0.05) is 20.3 Å². The third kappa shape index (κ3) is 4.51. The molecule has 30 heavy (non-hydrogen) atoms. The van der Waals surface area contributed by atoms with Gasteiger partial charge in [0.05, 0.1) is 26.5 Å². The quantitative estimate of drug-likeness (QED) is 0.318. The van der Waals surface area contributed by atoms with Crippen molar-refractivity contribution in [3.05, 3.63) is 28.7 Å². The molecule has 1 aromatic carbocycles. The first-order chi connectivity index (χ1) is 14.1. The highest BCUT2D eigenvalue weighted by atomic mass is 32.2. The van der Waals surface area contributed by atoms with Crippen LogP contribution >= 0.6 is 11.8 Å². The van der Waals surface area contributed by atoms with E-state index < -0.39 is 27.9 Å². The molecule has 9 nitrogen and oxygen atoms in total. The SMILES string of the molecule is COCCCn1c(=O)n(C(=N)SC(C)=N)c2cc(S(=O)(=O)NC3(CF)CC3)ccc21. The maximum atomic E-state index is 13.2. The molecule has 1 aliphatic rings. The molecule has 164 valence electrons. The molecule has 0 amide bonds. The average Bonchev–Trinajstić information content (AvgIpc) is 3.38. The van der Waals surface area contributed by atoms with Gasteiger partial charge in [0.2, 0.25) is 10.0 Å². The van der Waals surface area contributed by atoms with Gasteiger partial charge in [-0.2, -0.15) is 0 Å². The van der Waals surface area contributed by atoms with E-state index in [1.165, 1.54) is 29.7 Å². The molecule has 1 aromatic heterocycles. The first kappa shape index (κ1) is 22.7. The zero-order valence-corrected chi connectivity index (χ0v) is 18.3. The first-order valence-corrected chi connectivity index (χ1v) is 11.6. The number of sulfonamides is 1. The maximum Gasteiger partial charge on any atom is 0.335 e. The van der Waals surface area contributed by atoms with Gasteiger partial charge in [-0.15, -0.1) is 0 Å². The molecule has 1 fully saturated rings. The number of fused-ring (bicyclic) bond motifs is 1. The van der Waals surface area contributed by atoms with Crippen molar-refractivity contribution in [2.75, 3.05) is 20.4 Å². The summed E-state index contributed by atoms with van der Waals surface area (Å²) < 4.78 is 48.7. The summed E-state index contributed by atoms with van der Waals surface area (Å²) in [5.74, 6) is 0. The molecule has 0 bridgehead atoms.